The van der Waals surface area contributed by atoms with Gasteiger partial charge < -0.3 is 10.7 Å². The lowest BCUT2D eigenvalue weighted by molar-refractivity contribution is 0.103. The number of halogens is 1. The molecule has 30 heavy (non-hydrogen) atoms. The number of benzene rings is 2. The van der Waals surface area contributed by atoms with Crippen LogP contribution in [0, 0.1) is 6.92 Å². The highest BCUT2D eigenvalue weighted by molar-refractivity contribution is 6.30. The minimum absolute atomic E-state index is 0.120. The van der Waals surface area contributed by atoms with E-state index >= 15 is 0 Å². The summed E-state index contributed by atoms with van der Waals surface area (Å²) in [6.45, 7) is 1.90. The molecule has 1 aliphatic carbocycles. The number of nitrogen functional groups attached to an aromatic ring is 1. The standard InChI is InChI=1S/C23H18ClN5O/c1-13-27-20-8-7-18(11-21(20)28-13)29-23(25)19(12-26-29)22(30)16-6-5-15(9-16)14-3-2-4-17(24)10-14/h2-5,7-12H,6,25H2,1H3,(H,27,28). The monoisotopic (exact) mass is 415 g/mol. The lowest BCUT2D eigenvalue weighted by Crippen LogP contribution is -2.07. The minimum Gasteiger partial charge on any atom is -0.383 e. The molecule has 0 bridgehead atoms. The molecular formula is C23H18ClN5O. The van der Waals surface area contributed by atoms with Crippen LogP contribution in [-0.4, -0.2) is 25.5 Å². The summed E-state index contributed by atoms with van der Waals surface area (Å²) in [7, 11) is 0. The van der Waals surface area contributed by atoms with Gasteiger partial charge in [-0.2, -0.15) is 5.10 Å². The van der Waals surface area contributed by atoms with E-state index in [1.807, 2.05) is 61.5 Å². The number of nitrogens with one attached hydrogen (secondary N) is 1. The molecule has 0 fully saturated rings. The first kappa shape index (κ1) is 18.4. The highest BCUT2D eigenvalue weighted by atomic mass is 35.5. The molecule has 0 saturated carbocycles. The van der Waals surface area contributed by atoms with Crippen LogP contribution < -0.4 is 5.73 Å². The highest BCUT2D eigenvalue weighted by Crippen LogP contribution is 2.31. The Balaban J connectivity index is 1.45. The molecule has 2 aromatic carbocycles. The van der Waals surface area contributed by atoms with Crippen LogP contribution in [0.15, 0.2) is 66.4 Å². The average molecular weight is 416 g/mol. The van der Waals surface area contributed by atoms with Crippen molar-refractivity contribution in [3.8, 4) is 5.69 Å². The van der Waals surface area contributed by atoms with Crippen molar-refractivity contribution in [1.29, 1.82) is 0 Å². The molecule has 2 aromatic heterocycles. The van der Waals surface area contributed by atoms with E-state index in [4.69, 9.17) is 17.3 Å². The number of hydrogen-bond donors (Lipinski definition) is 2. The topological polar surface area (TPSA) is 89.6 Å². The Morgan fingerprint density at radius 2 is 2.10 bits per heavy atom. The van der Waals surface area contributed by atoms with E-state index in [1.165, 1.54) is 6.20 Å². The van der Waals surface area contributed by atoms with Gasteiger partial charge in [-0.05, 0) is 60.9 Å². The molecule has 5 rings (SSSR count). The number of anilines is 1. The van der Waals surface area contributed by atoms with Gasteiger partial charge in [0, 0.05) is 10.6 Å². The molecule has 2 heterocycles. The van der Waals surface area contributed by atoms with Crippen LogP contribution in [0.3, 0.4) is 0 Å². The summed E-state index contributed by atoms with van der Waals surface area (Å²) >= 11 is 6.09. The van der Waals surface area contributed by atoms with Crippen LogP contribution in [0.1, 0.15) is 28.2 Å². The van der Waals surface area contributed by atoms with Gasteiger partial charge in [-0.3, -0.25) is 4.79 Å². The number of Topliss-reactive ketones (excluding diaryl/α,β-unsaturated/α-hetero) is 1. The summed E-state index contributed by atoms with van der Waals surface area (Å²) in [6, 6.07) is 13.3. The second-order valence-corrected chi connectivity index (χ2v) is 7.69. The van der Waals surface area contributed by atoms with Crippen molar-refractivity contribution in [1.82, 2.24) is 19.7 Å². The van der Waals surface area contributed by atoms with Gasteiger partial charge in [0.1, 0.15) is 11.6 Å². The summed E-state index contributed by atoms with van der Waals surface area (Å²) in [5.74, 6) is 1.03. The predicted molar refractivity (Wildman–Crippen MR) is 119 cm³/mol. The first-order chi connectivity index (χ1) is 14.5. The zero-order valence-corrected chi connectivity index (χ0v) is 16.9. The Bertz CT molecular complexity index is 1380. The van der Waals surface area contributed by atoms with E-state index in [0.717, 1.165) is 33.7 Å². The molecule has 0 amide bonds. The van der Waals surface area contributed by atoms with Gasteiger partial charge in [0.2, 0.25) is 0 Å². The maximum atomic E-state index is 13.1. The third-order valence-corrected chi connectivity index (χ3v) is 5.44. The molecule has 0 unspecified atom stereocenters. The fourth-order valence-electron chi connectivity index (χ4n) is 3.72. The SMILES string of the molecule is Cc1nc2ccc(-n3ncc(C(=O)C4=CC(c5cccc(Cl)c5)=CC4)c3N)cc2[nH]1. The number of aromatic amines is 1. The number of carbonyl (C=O) groups excluding carboxylic acids is 1. The summed E-state index contributed by atoms with van der Waals surface area (Å²) in [6.07, 6.45) is 5.99. The Morgan fingerprint density at radius 3 is 2.93 bits per heavy atom. The number of rotatable bonds is 4. The fraction of sp³-hybridized carbons (Fsp3) is 0.0870. The van der Waals surface area contributed by atoms with Crippen molar-refractivity contribution in [3.63, 3.8) is 0 Å². The summed E-state index contributed by atoms with van der Waals surface area (Å²) in [5, 5.41) is 5.02. The molecule has 0 saturated heterocycles. The maximum Gasteiger partial charge on any atom is 0.194 e. The number of allylic oxidation sites excluding steroid dienone is 4. The van der Waals surface area contributed by atoms with Crippen molar-refractivity contribution in [2.75, 3.05) is 5.73 Å². The maximum absolute atomic E-state index is 13.1. The molecule has 148 valence electrons. The first-order valence-corrected chi connectivity index (χ1v) is 9.89. The van der Waals surface area contributed by atoms with E-state index in [9.17, 15) is 4.79 Å². The third kappa shape index (κ3) is 3.11. The lowest BCUT2D eigenvalue weighted by Gasteiger charge is -2.05. The van der Waals surface area contributed by atoms with Gasteiger partial charge in [-0.25, -0.2) is 9.67 Å². The van der Waals surface area contributed by atoms with Crippen molar-refractivity contribution in [2.45, 2.75) is 13.3 Å². The van der Waals surface area contributed by atoms with Gasteiger partial charge in [-0.15, -0.1) is 0 Å². The molecule has 0 spiro atoms. The number of nitrogens with two attached hydrogens (primary N) is 1. The number of fused-ring (bicyclic) bond motifs is 1. The molecule has 0 radical (unpaired) electrons. The number of aromatic nitrogens is 4. The lowest BCUT2D eigenvalue weighted by atomic mass is 10.0. The normalized spacial score (nSPS) is 13.5. The average Bonchev–Trinajstić information content (AvgIpc) is 3.44. The van der Waals surface area contributed by atoms with Gasteiger partial charge in [0.05, 0.1) is 28.5 Å². The number of carbonyl (C=O) groups is 1. The first-order valence-electron chi connectivity index (χ1n) is 9.51. The summed E-state index contributed by atoms with van der Waals surface area (Å²) < 4.78 is 1.57. The second kappa shape index (κ2) is 7.00. The van der Waals surface area contributed by atoms with Crippen LogP contribution in [0.5, 0.6) is 0 Å². The molecule has 0 atom stereocenters. The van der Waals surface area contributed by atoms with Crippen LogP contribution in [0.4, 0.5) is 5.82 Å². The van der Waals surface area contributed by atoms with E-state index in [2.05, 4.69) is 15.1 Å². The molecule has 0 aliphatic heterocycles. The number of H-pyrrole nitrogens is 1. The van der Waals surface area contributed by atoms with Crippen molar-refractivity contribution in [3.05, 3.63) is 88.4 Å². The second-order valence-electron chi connectivity index (χ2n) is 7.25. The van der Waals surface area contributed by atoms with Crippen molar-refractivity contribution >= 4 is 39.8 Å². The quantitative estimate of drug-likeness (QED) is 0.464. The number of nitrogens with zero attached hydrogens (tertiary/aromatic N) is 3. The van der Waals surface area contributed by atoms with E-state index < -0.39 is 0 Å². The molecule has 6 nitrogen and oxygen atoms in total. The van der Waals surface area contributed by atoms with E-state index in [0.29, 0.717) is 28.4 Å². The van der Waals surface area contributed by atoms with Crippen molar-refractivity contribution in [2.24, 2.45) is 0 Å². The number of aryl methyl sites for hydroxylation is 1. The molecule has 1 aliphatic rings. The third-order valence-electron chi connectivity index (χ3n) is 5.20. The minimum atomic E-state index is -0.120. The summed E-state index contributed by atoms with van der Waals surface area (Å²) in [4.78, 5) is 20.7. The van der Waals surface area contributed by atoms with Crippen LogP contribution >= 0.6 is 11.6 Å². The van der Waals surface area contributed by atoms with Crippen molar-refractivity contribution < 1.29 is 4.79 Å². The Hall–Kier alpha value is -3.64. The Kier molecular flexibility index (Phi) is 4.29. The zero-order valence-electron chi connectivity index (χ0n) is 16.2. The number of ketones is 1. The van der Waals surface area contributed by atoms with E-state index in [1.54, 1.807) is 4.68 Å². The highest BCUT2D eigenvalue weighted by Gasteiger charge is 2.22. The Morgan fingerprint density at radius 1 is 1.23 bits per heavy atom. The van der Waals surface area contributed by atoms with Gasteiger partial charge >= 0.3 is 0 Å². The number of hydrogen-bond acceptors (Lipinski definition) is 4. The molecular weight excluding hydrogens is 398 g/mol. The summed E-state index contributed by atoms with van der Waals surface area (Å²) in [5.41, 5.74) is 11.9. The molecule has 4 aromatic rings. The predicted octanol–water partition coefficient (Wildman–Crippen LogP) is 4.89. The van der Waals surface area contributed by atoms with Gasteiger partial charge in [0.25, 0.3) is 0 Å². The molecule has 7 heteroatoms. The number of imidazole rings is 1. The zero-order chi connectivity index (χ0) is 20.8. The largest absolute Gasteiger partial charge is 0.383 e. The van der Waals surface area contributed by atoms with Gasteiger partial charge in [-0.1, -0.05) is 29.8 Å². The van der Waals surface area contributed by atoms with Crippen LogP contribution in [0.25, 0.3) is 22.3 Å². The Labute approximate surface area is 177 Å². The van der Waals surface area contributed by atoms with E-state index in [-0.39, 0.29) is 5.78 Å². The van der Waals surface area contributed by atoms with Crippen LogP contribution in [-0.2, 0) is 0 Å². The fourth-order valence-corrected chi connectivity index (χ4v) is 3.91. The van der Waals surface area contributed by atoms with Crippen LogP contribution in [0.2, 0.25) is 5.02 Å². The molecule has 3 N–H and O–H groups in total. The van der Waals surface area contributed by atoms with Gasteiger partial charge in [0.15, 0.2) is 5.78 Å². The smallest absolute Gasteiger partial charge is 0.194 e.